The van der Waals surface area contributed by atoms with Crippen molar-refractivity contribution in [2.24, 2.45) is 5.73 Å². The maximum atomic E-state index is 12.8. The Morgan fingerprint density at radius 3 is 2.55 bits per heavy atom. The number of rotatable bonds is 4. The van der Waals surface area contributed by atoms with Crippen molar-refractivity contribution < 1.29 is 22.7 Å². The van der Waals surface area contributed by atoms with Crippen molar-refractivity contribution in [2.45, 2.75) is 25.6 Å². The first-order valence-electron chi connectivity index (χ1n) is 5.74. The average molecular weight is 311 g/mol. The van der Waals surface area contributed by atoms with Gasteiger partial charge in [0.1, 0.15) is 6.04 Å². The minimum Gasteiger partial charge on any atom is -0.465 e. The number of carbonyl (C=O) groups excluding carboxylic acids is 1. The average Bonchev–Trinajstić information content (AvgIpc) is 2.32. The molecule has 0 aliphatic rings. The predicted molar refractivity (Wildman–Crippen MR) is 69.2 cm³/mol. The van der Waals surface area contributed by atoms with E-state index in [1.165, 1.54) is 6.07 Å². The zero-order chi connectivity index (χ0) is 15.5. The van der Waals surface area contributed by atoms with Gasteiger partial charge < -0.3 is 16.2 Å². The summed E-state index contributed by atoms with van der Waals surface area (Å²) in [7, 11) is 0. The molecule has 1 atom stereocenters. The molecule has 0 bridgehead atoms. The van der Waals surface area contributed by atoms with Gasteiger partial charge in [0.2, 0.25) is 0 Å². The maximum absolute atomic E-state index is 12.8. The van der Waals surface area contributed by atoms with Gasteiger partial charge >= 0.3 is 12.1 Å². The van der Waals surface area contributed by atoms with Gasteiger partial charge in [-0.3, -0.25) is 4.79 Å². The molecule has 1 aromatic rings. The second kappa shape index (κ2) is 6.32. The van der Waals surface area contributed by atoms with Crippen molar-refractivity contribution in [3.8, 4) is 0 Å². The van der Waals surface area contributed by atoms with Crippen molar-refractivity contribution in [2.75, 3.05) is 12.3 Å². The van der Waals surface area contributed by atoms with E-state index in [0.717, 1.165) is 6.07 Å². The molecule has 0 aliphatic heterocycles. The van der Waals surface area contributed by atoms with Crippen molar-refractivity contribution in [1.82, 2.24) is 0 Å². The van der Waals surface area contributed by atoms with Crippen LogP contribution >= 0.6 is 11.6 Å². The zero-order valence-corrected chi connectivity index (χ0v) is 11.4. The number of hydrogen-bond donors (Lipinski definition) is 2. The molecule has 0 heterocycles. The molecular weight excluding hydrogens is 297 g/mol. The van der Waals surface area contributed by atoms with E-state index in [1.54, 1.807) is 6.92 Å². The van der Waals surface area contributed by atoms with Gasteiger partial charge in [0.15, 0.2) is 0 Å². The van der Waals surface area contributed by atoms with E-state index in [1.807, 2.05) is 0 Å². The molecule has 4 N–H and O–H groups in total. The van der Waals surface area contributed by atoms with E-state index in [4.69, 9.17) is 23.1 Å². The number of ether oxygens (including phenoxy) is 1. The Morgan fingerprint density at radius 2 is 2.05 bits per heavy atom. The van der Waals surface area contributed by atoms with Gasteiger partial charge in [-0.25, -0.2) is 0 Å². The molecule has 0 saturated heterocycles. The SMILES string of the molecule is CCOC(=O)[C@H](N)Cc1cc(Cl)c(N)c(C(F)(F)F)c1. The molecule has 112 valence electrons. The van der Waals surface area contributed by atoms with Crippen molar-refractivity contribution >= 4 is 23.3 Å². The quantitative estimate of drug-likeness (QED) is 0.661. The molecule has 0 spiro atoms. The number of halogens is 4. The molecule has 1 rings (SSSR count). The van der Waals surface area contributed by atoms with Gasteiger partial charge in [-0.15, -0.1) is 0 Å². The van der Waals surface area contributed by atoms with Gasteiger partial charge in [-0.1, -0.05) is 11.6 Å². The van der Waals surface area contributed by atoms with E-state index >= 15 is 0 Å². The summed E-state index contributed by atoms with van der Waals surface area (Å²) < 4.78 is 43.0. The Morgan fingerprint density at radius 1 is 1.45 bits per heavy atom. The number of nitrogens with two attached hydrogens (primary N) is 2. The van der Waals surface area contributed by atoms with Gasteiger partial charge in [0.05, 0.1) is 22.9 Å². The summed E-state index contributed by atoms with van der Waals surface area (Å²) in [6.07, 6.45) is -4.75. The van der Waals surface area contributed by atoms with Crippen molar-refractivity contribution in [3.05, 3.63) is 28.3 Å². The highest BCUT2D eigenvalue weighted by molar-refractivity contribution is 6.33. The Kier molecular flexibility index (Phi) is 5.24. The second-order valence-corrected chi connectivity index (χ2v) is 4.51. The molecule has 1 aromatic carbocycles. The first-order valence-corrected chi connectivity index (χ1v) is 6.12. The summed E-state index contributed by atoms with van der Waals surface area (Å²) in [5.74, 6) is -0.686. The standard InChI is InChI=1S/C12H14ClF3N2O2/c1-2-20-11(19)9(17)5-6-3-7(12(14,15)16)10(18)8(13)4-6/h3-4,9H,2,5,17-18H2,1H3/t9-/m1/s1. The topological polar surface area (TPSA) is 78.3 Å². The van der Waals surface area contributed by atoms with E-state index in [9.17, 15) is 18.0 Å². The summed E-state index contributed by atoms with van der Waals surface area (Å²) in [6, 6.07) is 1.03. The Hall–Kier alpha value is -1.47. The van der Waals surface area contributed by atoms with E-state index in [0.29, 0.717) is 0 Å². The largest absolute Gasteiger partial charge is 0.465 e. The lowest BCUT2D eigenvalue weighted by atomic mass is 10.0. The predicted octanol–water partition coefficient (Wildman–Crippen LogP) is 2.37. The van der Waals surface area contributed by atoms with Crippen LogP contribution in [0.15, 0.2) is 12.1 Å². The lowest BCUT2D eigenvalue weighted by Crippen LogP contribution is -2.34. The number of esters is 1. The first kappa shape index (κ1) is 16.6. The molecule has 0 amide bonds. The third kappa shape index (κ3) is 4.01. The maximum Gasteiger partial charge on any atom is 0.418 e. The van der Waals surface area contributed by atoms with Crippen molar-refractivity contribution in [1.29, 1.82) is 0 Å². The third-order valence-corrected chi connectivity index (χ3v) is 2.85. The molecule has 0 radical (unpaired) electrons. The number of anilines is 1. The molecule has 0 fully saturated rings. The number of hydrogen-bond acceptors (Lipinski definition) is 4. The van der Waals surface area contributed by atoms with Crippen LogP contribution < -0.4 is 11.5 Å². The fraction of sp³-hybridized carbons (Fsp3) is 0.417. The second-order valence-electron chi connectivity index (χ2n) is 4.10. The Bertz CT molecular complexity index is 506. The van der Waals surface area contributed by atoms with Crippen LogP contribution in [0.2, 0.25) is 5.02 Å². The highest BCUT2D eigenvalue weighted by Crippen LogP contribution is 2.37. The van der Waals surface area contributed by atoms with Gasteiger partial charge in [0, 0.05) is 0 Å². The lowest BCUT2D eigenvalue weighted by Gasteiger charge is -2.15. The van der Waals surface area contributed by atoms with Crippen LogP contribution in [0.4, 0.5) is 18.9 Å². The molecule has 0 saturated carbocycles. The normalized spacial score (nSPS) is 13.1. The molecule has 0 unspecified atom stereocenters. The number of benzene rings is 1. The summed E-state index contributed by atoms with van der Waals surface area (Å²) in [6.45, 7) is 1.75. The van der Waals surface area contributed by atoms with Crippen LogP contribution in [0.1, 0.15) is 18.1 Å². The third-order valence-electron chi connectivity index (χ3n) is 2.54. The Labute approximate surface area is 118 Å². The monoisotopic (exact) mass is 310 g/mol. The van der Waals surface area contributed by atoms with Crippen LogP contribution in [0.25, 0.3) is 0 Å². The zero-order valence-electron chi connectivity index (χ0n) is 10.6. The summed E-state index contributed by atoms with van der Waals surface area (Å²) in [5, 5.41) is -0.231. The van der Waals surface area contributed by atoms with Gasteiger partial charge in [-0.2, -0.15) is 13.2 Å². The molecular formula is C12H14ClF3N2O2. The van der Waals surface area contributed by atoms with Gasteiger partial charge in [0.25, 0.3) is 0 Å². The van der Waals surface area contributed by atoms with Crippen LogP contribution in [-0.2, 0) is 22.1 Å². The summed E-state index contributed by atoms with van der Waals surface area (Å²) in [4.78, 5) is 11.4. The highest BCUT2D eigenvalue weighted by atomic mass is 35.5. The van der Waals surface area contributed by atoms with Crippen LogP contribution in [0.5, 0.6) is 0 Å². The van der Waals surface area contributed by atoms with E-state index in [-0.39, 0.29) is 23.6 Å². The molecule has 20 heavy (non-hydrogen) atoms. The molecule has 8 heteroatoms. The van der Waals surface area contributed by atoms with E-state index in [2.05, 4.69) is 4.74 Å². The smallest absolute Gasteiger partial charge is 0.418 e. The number of carbonyl (C=O) groups is 1. The highest BCUT2D eigenvalue weighted by Gasteiger charge is 2.34. The van der Waals surface area contributed by atoms with Crippen LogP contribution in [0, 0.1) is 0 Å². The molecule has 4 nitrogen and oxygen atoms in total. The van der Waals surface area contributed by atoms with Crippen LogP contribution in [0.3, 0.4) is 0 Å². The van der Waals surface area contributed by atoms with Crippen molar-refractivity contribution in [3.63, 3.8) is 0 Å². The fourth-order valence-electron chi connectivity index (χ4n) is 1.61. The molecule has 0 aromatic heterocycles. The Balaban J connectivity index is 3.03. The first-order chi connectivity index (χ1) is 9.16. The molecule has 0 aliphatic carbocycles. The van der Waals surface area contributed by atoms with E-state index < -0.39 is 29.4 Å². The number of alkyl halides is 3. The minimum atomic E-state index is -4.63. The minimum absolute atomic E-state index is 0.123. The van der Waals surface area contributed by atoms with Crippen LogP contribution in [-0.4, -0.2) is 18.6 Å². The fourth-order valence-corrected chi connectivity index (χ4v) is 1.85. The lowest BCUT2D eigenvalue weighted by molar-refractivity contribution is -0.144. The van der Waals surface area contributed by atoms with Gasteiger partial charge in [-0.05, 0) is 31.0 Å². The number of nitrogen functional groups attached to an aromatic ring is 1. The summed E-state index contributed by atoms with van der Waals surface area (Å²) >= 11 is 5.67. The summed E-state index contributed by atoms with van der Waals surface area (Å²) in [5.41, 5.74) is 9.42.